The molecule has 1 aliphatic heterocycles. The van der Waals surface area contributed by atoms with Crippen LogP contribution in [0.2, 0.25) is 0 Å². The summed E-state index contributed by atoms with van der Waals surface area (Å²) in [7, 11) is 0. The molecule has 56 valence electrons. The van der Waals surface area contributed by atoms with Gasteiger partial charge in [0.15, 0.2) is 0 Å². The minimum atomic E-state index is -0.415. The third-order valence-corrected chi connectivity index (χ3v) is 1.72. The molecule has 2 nitrogen and oxygen atoms in total. The summed E-state index contributed by atoms with van der Waals surface area (Å²) in [5.74, 6) is -0.273. The van der Waals surface area contributed by atoms with Crippen LogP contribution in [0, 0.1) is 0 Å². The van der Waals surface area contributed by atoms with E-state index in [1.54, 1.807) is 18.4 Å². The van der Waals surface area contributed by atoms with Gasteiger partial charge in [0.05, 0.1) is 0 Å². The zero-order valence-corrected chi connectivity index (χ0v) is 5.79. The molecule has 2 N–H and O–H groups in total. The van der Waals surface area contributed by atoms with Gasteiger partial charge in [-0.3, -0.25) is 4.99 Å². The second-order valence-corrected chi connectivity index (χ2v) is 2.54. The van der Waals surface area contributed by atoms with Crippen molar-refractivity contribution in [3.63, 3.8) is 0 Å². The number of hydrogen-bond donors (Lipinski definition) is 1. The molecule has 0 amide bonds. The first-order chi connectivity index (χ1) is 5.27. The number of fused-ring (bicyclic) bond motifs is 1. The van der Waals surface area contributed by atoms with E-state index in [0.29, 0.717) is 5.70 Å². The number of allylic oxidation sites excluding steroid dienone is 2. The van der Waals surface area contributed by atoms with E-state index in [9.17, 15) is 4.39 Å². The number of halogens is 1. The van der Waals surface area contributed by atoms with Crippen LogP contribution in [0.4, 0.5) is 4.39 Å². The first-order valence-electron chi connectivity index (χ1n) is 3.35. The van der Waals surface area contributed by atoms with Gasteiger partial charge in [-0.05, 0) is 23.8 Å². The van der Waals surface area contributed by atoms with Crippen molar-refractivity contribution in [3.8, 4) is 0 Å². The van der Waals surface area contributed by atoms with Crippen molar-refractivity contribution in [2.45, 2.75) is 6.04 Å². The van der Waals surface area contributed by atoms with E-state index >= 15 is 0 Å². The predicted molar refractivity (Wildman–Crippen MR) is 41.8 cm³/mol. The highest BCUT2D eigenvalue weighted by Crippen LogP contribution is 2.26. The molecule has 0 fully saturated rings. The molecule has 2 aliphatic rings. The van der Waals surface area contributed by atoms with Gasteiger partial charge >= 0.3 is 0 Å². The van der Waals surface area contributed by atoms with Crippen LogP contribution in [-0.4, -0.2) is 12.3 Å². The van der Waals surface area contributed by atoms with Crippen molar-refractivity contribution in [2.75, 3.05) is 0 Å². The lowest BCUT2D eigenvalue weighted by atomic mass is 10.0. The molecule has 1 heterocycles. The van der Waals surface area contributed by atoms with Gasteiger partial charge in [0.2, 0.25) is 0 Å². The van der Waals surface area contributed by atoms with Crippen LogP contribution in [0.15, 0.2) is 40.3 Å². The van der Waals surface area contributed by atoms with Gasteiger partial charge in [0, 0.05) is 11.9 Å². The molecule has 0 unspecified atom stereocenters. The lowest BCUT2D eigenvalue weighted by Gasteiger charge is -2.12. The van der Waals surface area contributed by atoms with Gasteiger partial charge in [-0.25, -0.2) is 4.39 Å². The first kappa shape index (κ1) is 6.34. The summed E-state index contributed by atoms with van der Waals surface area (Å²) in [5, 5.41) is 0. The summed E-state index contributed by atoms with van der Waals surface area (Å²) < 4.78 is 13.0. The Morgan fingerprint density at radius 2 is 2.27 bits per heavy atom. The van der Waals surface area contributed by atoms with Crippen molar-refractivity contribution >= 4 is 6.21 Å². The van der Waals surface area contributed by atoms with Crippen LogP contribution in [0.5, 0.6) is 0 Å². The number of aliphatic imine (C=N–C) groups is 1. The maximum atomic E-state index is 13.0. The van der Waals surface area contributed by atoms with Crippen LogP contribution in [0.1, 0.15) is 0 Å². The number of nitrogens with two attached hydrogens (primary N) is 1. The maximum absolute atomic E-state index is 13.0. The summed E-state index contributed by atoms with van der Waals surface area (Å²) in [6.07, 6.45) is 6.41. The monoisotopic (exact) mass is 150 g/mol. The molecule has 0 aromatic rings. The van der Waals surface area contributed by atoms with E-state index < -0.39 is 6.04 Å². The van der Waals surface area contributed by atoms with Gasteiger partial charge < -0.3 is 5.73 Å². The lowest BCUT2D eigenvalue weighted by Crippen LogP contribution is -2.12. The Balaban J connectivity index is 2.45. The van der Waals surface area contributed by atoms with E-state index in [-0.39, 0.29) is 5.83 Å². The van der Waals surface area contributed by atoms with Gasteiger partial charge in [0.25, 0.3) is 0 Å². The fraction of sp³-hybridized carbons (Fsp3) is 0.125. The van der Waals surface area contributed by atoms with Crippen LogP contribution >= 0.6 is 0 Å². The molecule has 11 heavy (non-hydrogen) atoms. The van der Waals surface area contributed by atoms with Gasteiger partial charge in [0.1, 0.15) is 11.9 Å². The predicted octanol–water partition coefficient (Wildman–Crippen LogP) is 1.08. The zero-order valence-electron chi connectivity index (χ0n) is 5.79. The average Bonchev–Trinajstić information content (AvgIpc) is 2.34. The molecular formula is C8H7FN2. The summed E-state index contributed by atoms with van der Waals surface area (Å²) in [4.78, 5) is 3.91. The van der Waals surface area contributed by atoms with E-state index in [0.717, 1.165) is 5.57 Å². The largest absolute Gasteiger partial charge is 0.399 e. The van der Waals surface area contributed by atoms with Crippen molar-refractivity contribution in [2.24, 2.45) is 10.7 Å². The van der Waals surface area contributed by atoms with Crippen molar-refractivity contribution in [1.29, 1.82) is 0 Å². The highest BCUT2D eigenvalue weighted by Gasteiger charge is 2.22. The summed E-state index contributed by atoms with van der Waals surface area (Å²) >= 11 is 0. The Morgan fingerprint density at radius 1 is 1.45 bits per heavy atom. The summed E-state index contributed by atoms with van der Waals surface area (Å²) in [6.45, 7) is 0. The minimum Gasteiger partial charge on any atom is -0.399 e. The second-order valence-electron chi connectivity index (χ2n) is 2.54. The van der Waals surface area contributed by atoms with Crippen LogP contribution in [-0.2, 0) is 0 Å². The van der Waals surface area contributed by atoms with E-state index in [2.05, 4.69) is 4.99 Å². The number of nitrogens with zero attached hydrogens (tertiary/aromatic N) is 1. The van der Waals surface area contributed by atoms with E-state index in [1.807, 2.05) is 0 Å². The van der Waals surface area contributed by atoms with E-state index in [4.69, 9.17) is 5.73 Å². The lowest BCUT2D eigenvalue weighted by molar-refractivity contribution is 0.574. The number of hydrogen-bond acceptors (Lipinski definition) is 2. The molecule has 0 aromatic carbocycles. The Bertz CT molecular complexity index is 310. The minimum absolute atomic E-state index is 0.273. The second kappa shape index (κ2) is 2.05. The third-order valence-electron chi connectivity index (χ3n) is 1.72. The van der Waals surface area contributed by atoms with Gasteiger partial charge in [-0.1, -0.05) is 0 Å². The smallest absolute Gasteiger partial charge is 0.131 e. The van der Waals surface area contributed by atoms with Crippen molar-refractivity contribution in [3.05, 3.63) is 35.3 Å². The molecule has 1 aliphatic carbocycles. The quantitative estimate of drug-likeness (QED) is 0.551. The molecule has 3 heteroatoms. The standard InChI is InChI=1S/C8H7FN2/c9-7-4-6(10)3-5-1-2-11-8(5)7/h1-4,8H,10H2/t8-/m0/s1. The van der Waals surface area contributed by atoms with Crippen LogP contribution in [0.3, 0.4) is 0 Å². The molecular weight excluding hydrogens is 143 g/mol. The molecule has 0 saturated carbocycles. The third kappa shape index (κ3) is 0.888. The maximum Gasteiger partial charge on any atom is 0.131 e. The molecule has 0 aromatic heterocycles. The van der Waals surface area contributed by atoms with Crippen LogP contribution in [0.25, 0.3) is 0 Å². The molecule has 2 rings (SSSR count). The average molecular weight is 150 g/mol. The van der Waals surface area contributed by atoms with Crippen molar-refractivity contribution in [1.82, 2.24) is 0 Å². The first-order valence-corrected chi connectivity index (χ1v) is 3.35. The normalized spacial score (nSPS) is 27.4. The summed E-state index contributed by atoms with van der Waals surface area (Å²) in [5.41, 5.74) is 6.72. The summed E-state index contributed by atoms with van der Waals surface area (Å²) in [6, 6.07) is -0.415. The number of rotatable bonds is 0. The zero-order chi connectivity index (χ0) is 7.84. The molecule has 0 bridgehead atoms. The van der Waals surface area contributed by atoms with Gasteiger partial charge in [-0.15, -0.1) is 0 Å². The van der Waals surface area contributed by atoms with Crippen molar-refractivity contribution < 1.29 is 4.39 Å². The highest BCUT2D eigenvalue weighted by molar-refractivity contribution is 5.78. The topological polar surface area (TPSA) is 38.4 Å². The van der Waals surface area contributed by atoms with Crippen LogP contribution < -0.4 is 5.73 Å². The molecule has 0 radical (unpaired) electrons. The fourth-order valence-electron chi connectivity index (χ4n) is 1.22. The molecule has 0 spiro atoms. The SMILES string of the molecule is NC1=CC2=CC=N[C@@H]2C(F)=C1. The Labute approximate surface area is 63.6 Å². The Kier molecular flexibility index (Phi) is 1.18. The van der Waals surface area contributed by atoms with Gasteiger partial charge in [-0.2, -0.15) is 0 Å². The Hall–Kier alpha value is -1.38. The molecule has 0 saturated heterocycles. The Morgan fingerprint density at radius 3 is 3.09 bits per heavy atom. The van der Waals surface area contributed by atoms with E-state index in [1.165, 1.54) is 6.08 Å². The highest BCUT2D eigenvalue weighted by atomic mass is 19.1. The molecule has 1 atom stereocenters. The fourth-order valence-corrected chi connectivity index (χ4v) is 1.22.